The van der Waals surface area contributed by atoms with E-state index in [4.69, 9.17) is 0 Å². The zero-order valence-corrected chi connectivity index (χ0v) is 60.3. The topological polar surface area (TPSA) is 12.1 Å². The summed E-state index contributed by atoms with van der Waals surface area (Å²) >= 11 is 1.95. The number of rotatable bonds is 7. The molecule has 0 unspecified atom stereocenters. The highest BCUT2D eigenvalue weighted by Gasteiger charge is 2.32. The van der Waals surface area contributed by atoms with Crippen molar-refractivity contribution in [2.45, 2.75) is 157 Å². The molecule has 0 atom stereocenters. The van der Waals surface area contributed by atoms with Crippen molar-refractivity contribution in [3.63, 3.8) is 0 Å². The second kappa shape index (κ2) is 21.1. The molecule has 5 heterocycles. The van der Waals surface area contributed by atoms with Gasteiger partial charge in [-0.2, -0.15) is 0 Å². The van der Waals surface area contributed by atoms with Crippen LogP contribution in [0.3, 0.4) is 0 Å². The van der Waals surface area contributed by atoms with Crippen molar-refractivity contribution in [1.29, 1.82) is 0 Å². The van der Waals surface area contributed by atoms with E-state index in [1.165, 1.54) is 163 Å². The van der Waals surface area contributed by atoms with E-state index in [0.29, 0.717) is 0 Å². The third-order valence-corrected chi connectivity index (χ3v) is 22.2. The molecular weight excluding hydrogens is 1180 g/mol. The molecule has 16 rings (SSSR count). The van der Waals surface area contributed by atoms with Crippen LogP contribution in [0.15, 0.2) is 212 Å². The van der Waals surface area contributed by atoms with Crippen LogP contribution >= 0.6 is 11.3 Å². The summed E-state index contributed by atoms with van der Waals surface area (Å²) in [6.07, 6.45) is 0. The third-order valence-electron chi connectivity index (χ3n) is 21.0. The lowest BCUT2D eigenvalue weighted by molar-refractivity contribution is 0.568. The first kappa shape index (κ1) is 61.6. The van der Waals surface area contributed by atoms with Gasteiger partial charge in [0.2, 0.25) is 0 Å². The summed E-state index contributed by atoms with van der Waals surface area (Å²) in [4.78, 5) is 2.37. The van der Waals surface area contributed by atoms with Gasteiger partial charge in [-0.15, -0.1) is 11.3 Å². The standard InChI is InChI=1S/C92H89N3S/c1-87(2,3)61-39-55(40-62(51-61)88(4,5)6)58-45-72(54-33-35-69(36-34-54)93(67-27-21-19-22-28-67)68-29-23-20-24-30-68)81-74(47-58)75-48-59(56-41-63(89(7,8)9)52-64(42-56)90(10,11)12)49-76-80-78(94(81)82(75)76)38-37-70-73-46-60(57-43-65(91(13,14)15)53-66(44-57)92(16,17)18)50-77-83(73)95(84(70)80)85-71-31-25-26-32-79(71)96-86(77)85/h19-53H,1-18H3. The zero-order valence-electron chi connectivity index (χ0n) is 59.5. The highest BCUT2D eigenvalue weighted by molar-refractivity contribution is 7.26. The van der Waals surface area contributed by atoms with Crippen LogP contribution in [0.1, 0.15) is 158 Å². The zero-order chi connectivity index (χ0) is 67.2. The smallest absolute Gasteiger partial charge is 0.0728 e. The second-order valence-electron chi connectivity index (χ2n) is 34.0. The molecule has 0 bridgehead atoms. The van der Waals surface area contributed by atoms with Crippen molar-refractivity contribution in [2.75, 3.05) is 4.90 Å². The Hall–Kier alpha value is -9.22. The van der Waals surface area contributed by atoms with Crippen LogP contribution in [-0.2, 0) is 32.5 Å². The summed E-state index contributed by atoms with van der Waals surface area (Å²) in [5.74, 6) is 0. The fourth-order valence-corrected chi connectivity index (χ4v) is 16.5. The van der Waals surface area contributed by atoms with E-state index < -0.39 is 0 Å². The van der Waals surface area contributed by atoms with Gasteiger partial charge in [0.25, 0.3) is 0 Å². The van der Waals surface area contributed by atoms with Crippen LogP contribution in [0.2, 0.25) is 0 Å². The van der Waals surface area contributed by atoms with Crippen LogP contribution in [0.5, 0.6) is 0 Å². The fourth-order valence-electron chi connectivity index (χ4n) is 15.3. The summed E-state index contributed by atoms with van der Waals surface area (Å²) in [7, 11) is 0. The summed E-state index contributed by atoms with van der Waals surface area (Å²) in [5.41, 5.74) is 28.5. The highest BCUT2D eigenvalue weighted by atomic mass is 32.1. The lowest BCUT2D eigenvalue weighted by atomic mass is 9.78. The van der Waals surface area contributed by atoms with Gasteiger partial charge < -0.3 is 13.7 Å². The van der Waals surface area contributed by atoms with E-state index in [1.54, 1.807) is 0 Å². The van der Waals surface area contributed by atoms with E-state index in [-0.39, 0.29) is 32.5 Å². The molecule has 11 aromatic carbocycles. The molecule has 0 saturated carbocycles. The molecule has 16 aromatic rings. The quantitative estimate of drug-likeness (QED) is 0.155. The second-order valence-corrected chi connectivity index (χ2v) is 35.1. The fraction of sp³-hybridized carbons (Fsp3) is 0.261. The first-order chi connectivity index (χ1) is 45.4. The summed E-state index contributed by atoms with van der Waals surface area (Å²) in [6, 6.07) is 82.7. The Morgan fingerprint density at radius 3 is 1.10 bits per heavy atom. The molecule has 0 N–H and O–H groups in total. The third kappa shape index (κ3) is 9.93. The lowest BCUT2D eigenvalue weighted by Gasteiger charge is -2.26. The van der Waals surface area contributed by atoms with Gasteiger partial charge in [0, 0.05) is 70.4 Å². The number of hydrogen-bond donors (Lipinski definition) is 0. The molecule has 0 aliphatic rings. The molecule has 0 spiro atoms. The average Bonchev–Trinajstić information content (AvgIpc) is 1.50. The van der Waals surface area contributed by atoms with Crippen molar-refractivity contribution < 1.29 is 0 Å². The van der Waals surface area contributed by atoms with E-state index in [0.717, 1.165) is 17.1 Å². The maximum atomic E-state index is 2.71. The van der Waals surface area contributed by atoms with Gasteiger partial charge in [0.05, 0.1) is 37.8 Å². The molecule has 478 valence electrons. The Kier molecular flexibility index (Phi) is 13.6. The Morgan fingerprint density at radius 1 is 0.260 bits per heavy atom. The molecule has 0 fully saturated rings. The molecule has 96 heavy (non-hydrogen) atoms. The van der Waals surface area contributed by atoms with E-state index >= 15 is 0 Å². The van der Waals surface area contributed by atoms with Gasteiger partial charge in [0.15, 0.2) is 0 Å². The minimum Gasteiger partial charge on any atom is -0.311 e. The number of hydrogen-bond acceptors (Lipinski definition) is 2. The van der Waals surface area contributed by atoms with E-state index in [9.17, 15) is 0 Å². The molecular formula is C92H89N3S. The molecule has 0 saturated heterocycles. The van der Waals surface area contributed by atoms with Gasteiger partial charge in [-0.25, -0.2) is 0 Å². The molecule has 0 radical (unpaired) electrons. The Labute approximate surface area is 571 Å². The largest absolute Gasteiger partial charge is 0.311 e. The molecule has 5 aromatic heterocycles. The lowest BCUT2D eigenvalue weighted by Crippen LogP contribution is -2.16. The highest BCUT2D eigenvalue weighted by Crippen LogP contribution is 2.54. The van der Waals surface area contributed by atoms with Crippen molar-refractivity contribution in [3.05, 3.63) is 246 Å². The molecule has 4 heteroatoms. The minimum atomic E-state index is -0.0755. The van der Waals surface area contributed by atoms with Crippen molar-refractivity contribution in [1.82, 2.24) is 8.80 Å². The molecule has 0 aliphatic heterocycles. The molecule has 0 aliphatic carbocycles. The van der Waals surface area contributed by atoms with Crippen LogP contribution in [0.25, 0.3) is 130 Å². The van der Waals surface area contributed by atoms with Gasteiger partial charge >= 0.3 is 0 Å². The van der Waals surface area contributed by atoms with E-state index in [1.807, 2.05) is 11.3 Å². The average molecular weight is 1270 g/mol. The van der Waals surface area contributed by atoms with Crippen LogP contribution in [-0.4, -0.2) is 8.80 Å². The Morgan fingerprint density at radius 2 is 0.635 bits per heavy atom. The predicted molar refractivity (Wildman–Crippen MR) is 420 cm³/mol. The van der Waals surface area contributed by atoms with Gasteiger partial charge in [0.1, 0.15) is 0 Å². The SMILES string of the molecule is CC(C)(C)c1cc(-c2cc(-c3ccc(N(c4ccccc4)c4ccccc4)cc3)c3c(c2)c2cc(-c4cc(C(C)(C)C)cc(C(C)(C)C)c4)cc4c5c(ccc6c7cc(-c8cc(C(C)(C)C)cc(C(C)(C)C)c8)cc8c9sc%10ccccc%10c9n(c78)c65)n3c24)cc(C(C)(C)C)c1. The first-order valence-electron chi connectivity index (χ1n) is 34.7. The van der Waals surface area contributed by atoms with Gasteiger partial charge in [-0.05, 0) is 190 Å². The summed E-state index contributed by atoms with van der Waals surface area (Å²) in [5, 5.41) is 10.3. The number of anilines is 3. The van der Waals surface area contributed by atoms with Gasteiger partial charge in [-0.3, -0.25) is 0 Å². The Bertz CT molecular complexity index is 5650. The van der Waals surface area contributed by atoms with Crippen molar-refractivity contribution in [2.24, 2.45) is 0 Å². The predicted octanol–water partition coefficient (Wildman–Crippen LogP) is 27.1. The minimum absolute atomic E-state index is 0.0288. The number of fused-ring (bicyclic) bond motifs is 15. The molecule has 0 amide bonds. The normalized spacial score (nSPS) is 13.3. The number of aromatic nitrogens is 2. The number of benzene rings is 11. The van der Waals surface area contributed by atoms with Crippen molar-refractivity contribution in [3.8, 4) is 44.5 Å². The Balaban J connectivity index is 1.08. The maximum absolute atomic E-state index is 2.71. The van der Waals surface area contributed by atoms with Gasteiger partial charge in [-0.1, -0.05) is 252 Å². The first-order valence-corrected chi connectivity index (χ1v) is 35.5. The van der Waals surface area contributed by atoms with Crippen LogP contribution in [0.4, 0.5) is 17.1 Å². The number of thiophene rings is 1. The maximum Gasteiger partial charge on any atom is 0.0728 e. The monoisotopic (exact) mass is 1270 g/mol. The summed E-state index contributed by atoms with van der Waals surface area (Å²) in [6.45, 7) is 42.5. The van der Waals surface area contributed by atoms with Crippen molar-refractivity contribution >= 4 is 114 Å². The number of nitrogens with zero attached hydrogens (tertiary/aromatic N) is 3. The number of para-hydroxylation sites is 2. The molecule has 3 nitrogen and oxygen atoms in total. The van der Waals surface area contributed by atoms with Crippen LogP contribution in [0, 0.1) is 0 Å². The van der Waals surface area contributed by atoms with E-state index in [2.05, 4.69) is 351 Å². The van der Waals surface area contributed by atoms with Crippen LogP contribution < -0.4 is 4.90 Å². The summed E-state index contributed by atoms with van der Waals surface area (Å²) < 4.78 is 8.06.